The zero-order chi connectivity index (χ0) is 10.7. The summed E-state index contributed by atoms with van der Waals surface area (Å²) in [6.45, 7) is 0. The average molecular weight is 240 g/mol. The Balaban J connectivity index is 2.86. The van der Waals surface area contributed by atoms with Crippen LogP contribution in [0.1, 0.15) is 0 Å². The third-order valence-electron chi connectivity index (χ3n) is 1.38. The van der Waals surface area contributed by atoms with Gasteiger partial charge in [0.25, 0.3) is 5.91 Å². The first-order chi connectivity index (χ1) is 6.50. The summed E-state index contributed by atoms with van der Waals surface area (Å²) in [4.78, 5) is 10.6. The van der Waals surface area contributed by atoms with Crippen molar-refractivity contribution in [2.45, 2.75) is 6.43 Å². The number of halogens is 4. The third kappa shape index (κ3) is 2.82. The molecule has 0 aliphatic carbocycles. The SMILES string of the molecule is O=C(Nc1cc(Cl)ccc1Cl)C(F)F. The molecular formula is C8H5Cl2F2NO. The topological polar surface area (TPSA) is 29.1 Å². The minimum atomic E-state index is -3.08. The largest absolute Gasteiger partial charge is 0.320 e. The lowest BCUT2D eigenvalue weighted by Crippen LogP contribution is -2.20. The van der Waals surface area contributed by atoms with Crippen molar-refractivity contribution in [2.75, 3.05) is 5.32 Å². The molecule has 0 bridgehead atoms. The molecule has 0 heterocycles. The van der Waals surface area contributed by atoms with E-state index in [1.54, 1.807) is 0 Å². The van der Waals surface area contributed by atoms with Gasteiger partial charge < -0.3 is 5.32 Å². The highest BCUT2D eigenvalue weighted by atomic mass is 35.5. The van der Waals surface area contributed by atoms with Crippen molar-refractivity contribution < 1.29 is 13.6 Å². The Kier molecular flexibility index (Phi) is 3.66. The molecule has 0 saturated heterocycles. The number of rotatable bonds is 2. The molecule has 1 rings (SSSR count). The Bertz CT molecular complexity index is 357. The lowest BCUT2D eigenvalue weighted by molar-refractivity contribution is -0.126. The number of anilines is 1. The van der Waals surface area contributed by atoms with E-state index in [4.69, 9.17) is 23.2 Å². The molecule has 14 heavy (non-hydrogen) atoms. The molecule has 1 N–H and O–H groups in total. The van der Waals surface area contributed by atoms with E-state index >= 15 is 0 Å². The van der Waals surface area contributed by atoms with Crippen LogP contribution >= 0.6 is 23.2 Å². The quantitative estimate of drug-likeness (QED) is 0.844. The van der Waals surface area contributed by atoms with Gasteiger partial charge in [0.15, 0.2) is 0 Å². The summed E-state index contributed by atoms with van der Waals surface area (Å²) in [6, 6.07) is 4.19. The molecule has 0 radical (unpaired) electrons. The van der Waals surface area contributed by atoms with E-state index in [1.807, 2.05) is 5.32 Å². The number of hydrogen-bond acceptors (Lipinski definition) is 1. The summed E-state index contributed by atoms with van der Waals surface area (Å²) in [5.41, 5.74) is 0.0736. The first-order valence-electron chi connectivity index (χ1n) is 3.55. The number of carbonyl (C=O) groups is 1. The van der Waals surface area contributed by atoms with Gasteiger partial charge in [-0.1, -0.05) is 23.2 Å². The van der Waals surface area contributed by atoms with Gasteiger partial charge in [-0.15, -0.1) is 0 Å². The van der Waals surface area contributed by atoms with Crippen molar-refractivity contribution in [3.8, 4) is 0 Å². The maximum absolute atomic E-state index is 11.9. The van der Waals surface area contributed by atoms with Gasteiger partial charge in [0, 0.05) is 5.02 Å². The van der Waals surface area contributed by atoms with Crippen molar-refractivity contribution in [1.82, 2.24) is 0 Å². The highest BCUT2D eigenvalue weighted by Crippen LogP contribution is 2.25. The summed E-state index contributed by atoms with van der Waals surface area (Å²) >= 11 is 11.2. The van der Waals surface area contributed by atoms with Crippen molar-refractivity contribution in [1.29, 1.82) is 0 Å². The van der Waals surface area contributed by atoms with Crippen LogP contribution in [0.3, 0.4) is 0 Å². The zero-order valence-corrected chi connectivity index (χ0v) is 8.24. The molecule has 1 aromatic carbocycles. The first-order valence-corrected chi connectivity index (χ1v) is 4.30. The molecule has 0 unspecified atom stereocenters. The summed E-state index contributed by atoms with van der Waals surface area (Å²) < 4.78 is 23.7. The third-order valence-corrected chi connectivity index (χ3v) is 1.95. The fourth-order valence-corrected chi connectivity index (χ4v) is 1.12. The molecule has 6 heteroatoms. The molecule has 0 fully saturated rings. The number of carbonyl (C=O) groups excluding carboxylic acids is 1. The fourth-order valence-electron chi connectivity index (χ4n) is 0.781. The normalized spacial score (nSPS) is 10.4. The van der Waals surface area contributed by atoms with Crippen LogP contribution in [0.25, 0.3) is 0 Å². The van der Waals surface area contributed by atoms with Gasteiger partial charge in [-0.3, -0.25) is 4.79 Å². The Labute approximate surface area is 88.8 Å². The van der Waals surface area contributed by atoms with Crippen molar-refractivity contribution in [2.24, 2.45) is 0 Å². The first kappa shape index (κ1) is 11.2. The van der Waals surface area contributed by atoms with Gasteiger partial charge >= 0.3 is 6.43 Å². The van der Waals surface area contributed by atoms with Gasteiger partial charge in [-0.2, -0.15) is 8.78 Å². The predicted molar refractivity (Wildman–Crippen MR) is 51.1 cm³/mol. The Hall–Kier alpha value is -0.870. The number of nitrogens with one attached hydrogen (secondary N) is 1. The van der Waals surface area contributed by atoms with Gasteiger partial charge in [0.1, 0.15) is 0 Å². The minimum absolute atomic E-state index is 0.0736. The van der Waals surface area contributed by atoms with Gasteiger partial charge in [0.05, 0.1) is 10.7 Å². The molecule has 0 spiro atoms. The van der Waals surface area contributed by atoms with Crippen LogP contribution in [0.4, 0.5) is 14.5 Å². The van der Waals surface area contributed by atoms with Crippen molar-refractivity contribution in [3.63, 3.8) is 0 Å². The lowest BCUT2D eigenvalue weighted by Gasteiger charge is -2.06. The molecule has 0 atom stereocenters. The zero-order valence-electron chi connectivity index (χ0n) is 6.73. The van der Waals surface area contributed by atoms with E-state index in [-0.39, 0.29) is 10.7 Å². The Morgan fingerprint density at radius 2 is 2.00 bits per heavy atom. The van der Waals surface area contributed by atoms with Crippen molar-refractivity contribution in [3.05, 3.63) is 28.2 Å². The van der Waals surface area contributed by atoms with Crippen LogP contribution in [-0.4, -0.2) is 12.3 Å². The van der Waals surface area contributed by atoms with E-state index in [0.29, 0.717) is 5.02 Å². The predicted octanol–water partition coefficient (Wildman–Crippen LogP) is 3.20. The van der Waals surface area contributed by atoms with Crippen LogP contribution in [0.5, 0.6) is 0 Å². The van der Waals surface area contributed by atoms with Crippen molar-refractivity contribution >= 4 is 34.8 Å². The molecule has 2 nitrogen and oxygen atoms in total. The second-order valence-electron chi connectivity index (χ2n) is 2.41. The highest BCUT2D eigenvalue weighted by Gasteiger charge is 2.16. The summed E-state index contributed by atoms with van der Waals surface area (Å²) in [6.07, 6.45) is -3.08. The van der Waals surface area contributed by atoms with Crippen LogP contribution in [-0.2, 0) is 4.79 Å². The van der Waals surface area contributed by atoms with Crippen LogP contribution in [0.2, 0.25) is 10.0 Å². The number of benzene rings is 1. The maximum Gasteiger partial charge on any atom is 0.315 e. The molecule has 1 amide bonds. The molecular weight excluding hydrogens is 235 g/mol. The summed E-state index contributed by atoms with van der Waals surface area (Å²) in [5, 5.41) is 2.41. The van der Waals surface area contributed by atoms with E-state index < -0.39 is 12.3 Å². The van der Waals surface area contributed by atoms with E-state index in [9.17, 15) is 13.6 Å². The standard InChI is InChI=1S/C8H5Cl2F2NO/c9-4-1-2-5(10)6(3-4)13-8(14)7(11)12/h1-3,7H,(H,13,14). The molecule has 76 valence electrons. The molecule has 0 aliphatic heterocycles. The fraction of sp³-hybridized carbons (Fsp3) is 0.125. The number of hydrogen-bond donors (Lipinski definition) is 1. The molecule has 1 aromatic rings. The van der Waals surface area contributed by atoms with Crippen LogP contribution < -0.4 is 5.32 Å². The lowest BCUT2D eigenvalue weighted by atomic mass is 10.3. The molecule has 0 aliphatic rings. The number of alkyl halides is 2. The maximum atomic E-state index is 11.9. The van der Waals surface area contributed by atoms with E-state index in [0.717, 1.165) is 0 Å². The molecule has 0 aromatic heterocycles. The average Bonchev–Trinajstić information content (AvgIpc) is 2.11. The Morgan fingerprint density at radius 3 is 2.57 bits per heavy atom. The second-order valence-corrected chi connectivity index (χ2v) is 3.26. The van der Waals surface area contributed by atoms with Gasteiger partial charge in [-0.05, 0) is 18.2 Å². The number of amides is 1. The van der Waals surface area contributed by atoms with Crippen LogP contribution in [0.15, 0.2) is 18.2 Å². The van der Waals surface area contributed by atoms with Gasteiger partial charge in [0.2, 0.25) is 0 Å². The minimum Gasteiger partial charge on any atom is -0.320 e. The molecule has 0 saturated carbocycles. The highest BCUT2D eigenvalue weighted by molar-refractivity contribution is 6.35. The van der Waals surface area contributed by atoms with Gasteiger partial charge in [-0.25, -0.2) is 0 Å². The Morgan fingerprint density at radius 1 is 1.36 bits per heavy atom. The second kappa shape index (κ2) is 4.57. The van der Waals surface area contributed by atoms with E-state index in [2.05, 4.69) is 0 Å². The van der Waals surface area contributed by atoms with E-state index in [1.165, 1.54) is 18.2 Å². The summed E-state index contributed by atoms with van der Waals surface area (Å²) in [5.74, 6) is -1.41. The van der Waals surface area contributed by atoms with Crippen LogP contribution in [0, 0.1) is 0 Å². The summed E-state index contributed by atoms with van der Waals surface area (Å²) in [7, 11) is 0. The smallest absolute Gasteiger partial charge is 0.315 e. The monoisotopic (exact) mass is 239 g/mol.